The van der Waals surface area contributed by atoms with E-state index < -0.39 is 17.7 Å². The maximum Gasteiger partial charge on any atom is 0.418 e. The summed E-state index contributed by atoms with van der Waals surface area (Å²) in [4.78, 5) is 0. The number of benzene rings is 1. The van der Waals surface area contributed by atoms with Crippen molar-refractivity contribution in [3.63, 3.8) is 0 Å². The summed E-state index contributed by atoms with van der Waals surface area (Å²) in [7, 11) is 0. The minimum Gasteiger partial charge on any atom is -0.258 e. The lowest BCUT2D eigenvalue weighted by Gasteiger charge is -2.33. The Kier molecular flexibility index (Phi) is 4.49. The van der Waals surface area contributed by atoms with Gasteiger partial charge in [-0.1, -0.05) is 20.8 Å². The summed E-state index contributed by atoms with van der Waals surface area (Å²) in [5.74, 6) is -0.379. The fourth-order valence-corrected chi connectivity index (χ4v) is 2.92. The van der Waals surface area contributed by atoms with Gasteiger partial charge in [0.05, 0.1) is 22.5 Å². The summed E-state index contributed by atoms with van der Waals surface area (Å²) >= 11 is 0. The Morgan fingerprint density at radius 1 is 1.18 bits per heavy atom. The lowest BCUT2D eigenvalue weighted by Crippen LogP contribution is -2.26. The smallest absolute Gasteiger partial charge is 0.258 e. The second-order valence-corrected chi connectivity index (χ2v) is 5.67. The molecule has 0 unspecified atom stereocenters. The van der Waals surface area contributed by atoms with Crippen LogP contribution in [0.4, 0.5) is 17.6 Å². The fourth-order valence-electron chi connectivity index (χ4n) is 2.92. The molecule has 3 rings (SSSR count). The molecule has 0 spiro atoms. The Balaban J connectivity index is 0.000000847. The maximum atomic E-state index is 13.9. The second-order valence-electron chi connectivity index (χ2n) is 5.67. The van der Waals surface area contributed by atoms with Crippen molar-refractivity contribution < 1.29 is 17.6 Å². The number of hydrogen-bond acceptors (Lipinski definition) is 1. The third-order valence-corrected chi connectivity index (χ3v) is 3.90. The van der Waals surface area contributed by atoms with Gasteiger partial charge < -0.3 is 0 Å². The van der Waals surface area contributed by atoms with Crippen LogP contribution in [0, 0.1) is 18.8 Å². The number of aromatic nitrogens is 2. The summed E-state index contributed by atoms with van der Waals surface area (Å²) in [6, 6.07) is 2.34. The van der Waals surface area contributed by atoms with Crippen LogP contribution in [0.15, 0.2) is 12.1 Å². The molecule has 0 radical (unpaired) electrons. The summed E-state index contributed by atoms with van der Waals surface area (Å²) in [5, 5.41) is 3.67. The van der Waals surface area contributed by atoms with Crippen LogP contribution in [0.1, 0.15) is 50.8 Å². The lowest BCUT2D eigenvalue weighted by molar-refractivity contribution is -0.136. The summed E-state index contributed by atoms with van der Waals surface area (Å²) in [6.07, 6.45) is -3.04. The average Bonchev–Trinajstić information content (AvgIpc) is 2.73. The van der Waals surface area contributed by atoms with Crippen molar-refractivity contribution in [2.24, 2.45) is 5.92 Å². The number of aryl methyl sites for hydroxylation is 1. The molecular weight excluding hydrogens is 296 g/mol. The normalized spacial score (nSPS) is 21.3. The van der Waals surface area contributed by atoms with Gasteiger partial charge in [-0.3, -0.25) is 4.68 Å². The predicted octanol–water partition coefficient (Wildman–Crippen LogP) is 5.50. The molecular formula is C16H20F4N2. The van der Waals surface area contributed by atoms with Crippen molar-refractivity contribution in [3.8, 4) is 0 Å². The van der Waals surface area contributed by atoms with Crippen LogP contribution in [-0.4, -0.2) is 9.78 Å². The molecule has 0 amide bonds. The standard InChI is InChI=1S/C14H14F4N2.C2H6/c1-7-3-9(4-7)20-12-10(13(15)19-20)5-8(2)6-11(12)14(16,17)18;1-2/h5-7,9H,3-4H2,1-2H3;1-2H3. The highest BCUT2D eigenvalue weighted by Gasteiger charge is 2.38. The molecule has 122 valence electrons. The van der Waals surface area contributed by atoms with Gasteiger partial charge in [-0.25, -0.2) is 0 Å². The van der Waals surface area contributed by atoms with Crippen LogP contribution >= 0.6 is 0 Å². The van der Waals surface area contributed by atoms with E-state index in [2.05, 4.69) is 5.10 Å². The third-order valence-electron chi connectivity index (χ3n) is 3.90. The van der Waals surface area contributed by atoms with E-state index in [9.17, 15) is 17.6 Å². The van der Waals surface area contributed by atoms with Crippen LogP contribution in [-0.2, 0) is 6.18 Å². The molecule has 1 aliphatic rings. The molecule has 1 aromatic carbocycles. The monoisotopic (exact) mass is 316 g/mol. The van der Waals surface area contributed by atoms with E-state index in [-0.39, 0.29) is 16.9 Å². The van der Waals surface area contributed by atoms with Crippen molar-refractivity contribution >= 4 is 10.9 Å². The van der Waals surface area contributed by atoms with Crippen LogP contribution < -0.4 is 0 Å². The number of rotatable bonds is 1. The van der Waals surface area contributed by atoms with E-state index >= 15 is 0 Å². The van der Waals surface area contributed by atoms with Crippen molar-refractivity contribution in [1.29, 1.82) is 0 Å². The Hall–Kier alpha value is -1.59. The van der Waals surface area contributed by atoms with Crippen molar-refractivity contribution in [1.82, 2.24) is 9.78 Å². The van der Waals surface area contributed by atoms with E-state index in [1.54, 1.807) is 0 Å². The van der Waals surface area contributed by atoms with Gasteiger partial charge in [-0.15, -0.1) is 5.10 Å². The molecule has 0 aliphatic heterocycles. The van der Waals surface area contributed by atoms with E-state index in [4.69, 9.17) is 0 Å². The van der Waals surface area contributed by atoms with Crippen LogP contribution in [0.5, 0.6) is 0 Å². The minimum absolute atomic E-state index is 0.0446. The van der Waals surface area contributed by atoms with E-state index in [1.807, 2.05) is 20.8 Å². The molecule has 1 saturated carbocycles. The molecule has 1 heterocycles. The molecule has 2 aromatic rings. The first-order chi connectivity index (χ1) is 10.3. The van der Waals surface area contributed by atoms with Crippen LogP contribution in [0.3, 0.4) is 0 Å². The van der Waals surface area contributed by atoms with Crippen molar-refractivity contribution in [2.45, 2.75) is 52.8 Å². The molecule has 1 fully saturated rings. The quantitative estimate of drug-likeness (QED) is 0.635. The first-order valence-corrected chi connectivity index (χ1v) is 7.53. The number of hydrogen-bond donors (Lipinski definition) is 0. The molecule has 6 heteroatoms. The summed E-state index contributed by atoms with van der Waals surface area (Å²) in [5.41, 5.74) is -0.550. The van der Waals surface area contributed by atoms with Gasteiger partial charge in [-0.05, 0) is 43.4 Å². The number of halogens is 4. The number of alkyl halides is 3. The Morgan fingerprint density at radius 2 is 1.77 bits per heavy atom. The van der Waals surface area contributed by atoms with Gasteiger partial charge in [-0.2, -0.15) is 17.6 Å². The Bertz CT molecular complexity index is 667. The zero-order valence-corrected chi connectivity index (χ0v) is 13.1. The largest absolute Gasteiger partial charge is 0.418 e. The Morgan fingerprint density at radius 3 is 2.27 bits per heavy atom. The Labute approximate surface area is 127 Å². The molecule has 0 bridgehead atoms. The molecule has 0 saturated heterocycles. The molecule has 1 aromatic heterocycles. The predicted molar refractivity (Wildman–Crippen MR) is 78.2 cm³/mol. The molecule has 2 nitrogen and oxygen atoms in total. The van der Waals surface area contributed by atoms with Crippen molar-refractivity contribution in [2.75, 3.05) is 0 Å². The molecule has 1 aliphatic carbocycles. The average molecular weight is 316 g/mol. The number of fused-ring (bicyclic) bond motifs is 1. The highest BCUT2D eigenvalue weighted by Crippen LogP contribution is 2.42. The van der Waals surface area contributed by atoms with Gasteiger partial charge in [0.2, 0.25) is 5.95 Å². The molecule has 0 N–H and O–H groups in total. The zero-order valence-electron chi connectivity index (χ0n) is 13.1. The van der Waals surface area contributed by atoms with Gasteiger partial charge in [0, 0.05) is 0 Å². The maximum absolute atomic E-state index is 13.9. The van der Waals surface area contributed by atoms with E-state index in [1.165, 1.54) is 17.7 Å². The molecule has 0 atom stereocenters. The lowest BCUT2D eigenvalue weighted by atomic mass is 9.82. The molecule has 22 heavy (non-hydrogen) atoms. The van der Waals surface area contributed by atoms with Crippen molar-refractivity contribution in [3.05, 3.63) is 29.2 Å². The zero-order chi connectivity index (χ0) is 16.7. The highest BCUT2D eigenvalue weighted by atomic mass is 19.4. The van der Waals surface area contributed by atoms with Crippen LogP contribution in [0.25, 0.3) is 10.9 Å². The third kappa shape index (κ3) is 2.83. The van der Waals surface area contributed by atoms with Gasteiger partial charge in [0.1, 0.15) is 0 Å². The second kappa shape index (κ2) is 5.89. The number of nitrogens with zero attached hydrogens (tertiary/aromatic N) is 2. The van der Waals surface area contributed by atoms with Gasteiger partial charge in [0.25, 0.3) is 0 Å². The summed E-state index contributed by atoms with van der Waals surface area (Å²) < 4.78 is 54.7. The van der Waals surface area contributed by atoms with Crippen LogP contribution in [0.2, 0.25) is 0 Å². The summed E-state index contributed by atoms with van der Waals surface area (Å²) in [6.45, 7) is 7.55. The highest BCUT2D eigenvalue weighted by molar-refractivity contribution is 5.84. The first-order valence-electron chi connectivity index (χ1n) is 7.53. The SMILES string of the molecule is CC.Cc1cc(C(F)(F)F)c2c(c1)c(F)nn2C1CC(C)C1. The van der Waals surface area contributed by atoms with Gasteiger partial charge >= 0.3 is 6.18 Å². The fraction of sp³-hybridized carbons (Fsp3) is 0.562. The topological polar surface area (TPSA) is 17.8 Å². The van der Waals surface area contributed by atoms with E-state index in [0.717, 1.165) is 18.9 Å². The minimum atomic E-state index is -4.51. The van der Waals surface area contributed by atoms with E-state index in [0.29, 0.717) is 11.5 Å². The van der Waals surface area contributed by atoms with Gasteiger partial charge in [0.15, 0.2) is 0 Å². The first kappa shape index (κ1) is 16.8.